The Morgan fingerprint density at radius 2 is 1.90 bits per heavy atom. The maximum absolute atomic E-state index is 12.3. The molecular weight excluding hydrogens is 376 g/mol. The summed E-state index contributed by atoms with van der Waals surface area (Å²) in [6.45, 7) is 4.38. The molecule has 8 nitrogen and oxygen atoms in total. The third-order valence-corrected chi connectivity index (χ3v) is 4.25. The molecular formula is C21H20N2O6. The van der Waals surface area contributed by atoms with E-state index in [1.165, 1.54) is 23.8 Å². The molecule has 3 rings (SSSR count). The van der Waals surface area contributed by atoms with Gasteiger partial charge in [0.05, 0.1) is 16.7 Å². The SMILES string of the molecule is CC(C)c1ccc(OCc2ccc(C(=O)Nc3ccc([N+](=O)[O-])cc3O)o2)cc1. The molecule has 0 fully saturated rings. The van der Waals surface area contributed by atoms with Crippen LogP contribution in [-0.2, 0) is 6.61 Å². The van der Waals surface area contributed by atoms with Crippen molar-refractivity contribution in [3.63, 3.8) is 0 Å². The lowest BCUT2D eigenvalue weighted by atomic mass is 10.0. The molecule has 0 bridgehead atoms. The molecule has 0 aliphatic heterocycles. The zero-order valence-electron chi connectivity index (χ0n) is 15.9. The molecule has 3 aromatic rings. The zero-order valence-corrected chi connectivity index (χ0v) is 15.9. The molecule has 0 radical (unpaired) electrons. The predicted molar refractivity (Wildman–Crippen MR) is 106 cm³/mol. The number of benzene rings is 2. The highest BCUT2D eigenvalue weighted by Gasteiger charge is 2.16. The number of nitro benzene ring substituents is 1. The van der Waals surface area contributed by atoms with Gasteiger partial charge in [0, 0.05) is 6.07 Å². The molecule has 0 saturated heterocycles. The van der Waals surface area contributed by atoms with E-state index >= 15 is 0 Å². The van der Waals surface area contributed by atoms with Crippen molar-refractivity contribution in [2.45, 2.75) is 26.4 Å². The topological polar surface area (TPSA) is 115 Å². The van der Waals surface area contributed by atoms with E-state index in [-0.39, 0.29) is 23.7 Å². The predicted octanol–water partition coefficient (Wildman–Crippen LogP) is 4.85. The summed E-state index contributed by atoms with van der Waals surface area (Å²) in [6.07, 6.45) is 0. The minimum Gasteiger partial charge on any atom is -0.506 e. The van der Waals surface area contributed by atoms with Crippen LogP contribution in [0, 0.1) is 10.1 Å². The van der Waals surface area contributed by atoms with Gasteiger partial charge in [-0.2, -0.15) is 0 Å². The number of amides is 1. The van der Waals surface area contributed by atoms with Crippen LogP contribution in [0.2, 0.25) is 0 Å². The van der Waals surface area contributed by atoms with Gasteiger partial charge in [0.25, 0.3) is 11.6 Å². The number of hydrogen-bond acceptors (Lipinski definition) is 6. The van der Waals surface area contributed by atoms with Crippen molar-refractivity contribution >= 4 is 17.3 Å². The Kier molecular flexibility index (Phi) is 5.82. The van der Waals surface area contributed by atoms with Crippen molar-refractivity contribution in [3.8, 4) is 11.5 Å². The molecule has 150 valence electrons. The summed E-state index contributed by atoms with van der Waals surface area (Å²) in [5, 5.41) is 23.0. The van der Waals surface area contributed by atoms with Crippen molar-refractivity contribution in [3.05, 3.63) is 81.8 Å². The fourth-order valence-electron chi connectivity index (χ4n) is 2.60. The number of furan rings is 1. The summed E-state index contributed by atoms with van der Waals surface area (Å²) in [5.74, 6) is 0.597. The Balaban J connectivity index is 1.60. The fraction of sp³-hybridized carbons (Fsp3) is 0.190. The molecule has 29 heavy (non-hydrogen) atoms. The average Bonchev–Trinajstić information content (AvgIpc) is 3.17. The van der Waals surface area contributed by atoms with Gasteiger partial charge in [0.15, 0.2) is 5.76 Å². The lowest BCUT2D eigenvalue weighted by Crippen LogP contribution is -2.11. The first-order valence-electron chi connectivity index (χ1n) is 8.93. The van der Waals surface area contributed by atoms with Crippen molar-refractivity contribution in [2.75, 3.05) is 5.32 Å². The number of nitro groups is 1. The van der Waals surface area contributed by atoms with Crippen molar-refractivity contribution in [1.82, 2.24) is 0 Å². The lowest BCUT2D eigenvalue weighted by molar-refractivity contribution is -0.384. The quantitative estimate of drug-likeness (QED) is 0.335. The second-order valence-corrected chi connectivity index (χ2v) is 6.69. The van der Waals surface area contributed by atoms with Gasteiger partial charge in [-0.3, -0.25) is 14.9 Å². The number of phenols is 1. The number of carbonyl (C=O) groups excluding carboxylic acids is 1. The Labute approximate surface area is 166 Å². The van der Waals surface area contributed by atoms with Gasteiger partial charge >= 0.3 is 0 Å². The van der Waals surface area contributed by atoms with Crippen LogP contribution in [0.25, 0.3) is 0 Å². The van der Waals surface area contributed by atoms with E-state index in [0.29, 0.717) is 17.4 Å². The van der Waals surface area contributed by atoms with E-state index < -0.39 is 16.6 Å². The zero-order chi connectivity index (χ0) is 21.0. The summed E-state index contributed by atoms with van der Waals surface area (Å²) in [7, 11) is 0. The van der Waals surface area contributed by atoms with E-state index in [2.05, 4.69) is 19.2 Å². The number of non-ortho nitro benzene ring substituents is 1. The van der Waals surface area contributed by atoms with E-state index in [1.807, 2.05) is 24.3 Å². The highest BCUT2D eigenvalue weighted by Crippen LogP contribution is 2.28. The number of aromatic hydroxyl groups is 1. The van der Waals surface area contributed by atoms with Gasteiger partial charge in [0.1, 0.15) is 23.9 Å². The van der Waals surface area contributed by atoms with Crippen LogP contribution in [0.5, 0.6) is 11.5 Å². The van der Waals surface area contributed by atoms with Crippen molar-refractivity contribution in [1.29, 1.82) is 0 Å². The summed E-state index contributed by atoms with van der Waals surface area (Å²) in [4.78, 5) is 22.3. The molecule has 1 aromatic heterocycles. The lowest BCUT2D eigenvalue weighted by Gasteiger charge is -2.08. The Morgan fingerprint density at radius 1 is 1.17 bits per heavy atom. The summed E-state index contributed by atoms with van der Waals surface area (Å²) in [5.41, 5.74) is 0.975. The molecule has 2 N–H and O–H groups in total. The number of ether oxygens (including phenoxy) is 1. The minimum atomic E-state index is -0.638. The average molecular weight is 396 g/mol. The van der Waals surface area contributed by atoms with Crippen molar-refractivity contribution in [2.24, 2.45) is 0 Å². The number of rotatable bonds is 7. The van der Waals surface area contributed by atoms with Gasteiger partial charge in [-0.1, -0.05) is 26.0 Å². The summed E-state index contributed by atoms with van der Waals surface area (Å²) >= 11 is 0. The van der Waals surface area contributed by atoms with Crippen LogP contribution < -0.4 is 10.1 Å². The highest BCUT2D eigenvalue weighted by molar-refractivity contribution is 6.03. The molecule has 0 atom stereocenters. The van der Waals surface area contributed by atoms with Gasteiger partial charge in [0.2, 0.25) is 0 Å². The first-order valence-corrected chi connectivity index (χ1v) is 8.93. The third kappa shape index (κ3) is 4.92. The Hall–Kier alpha value is -3.81. The molecule has 0 unspecified atom stereocenters. The number of nitrogens with one attached hydrogen (secondary N) is 1. The number of phenolic OH excluding ortho intramolecular Hbond substituents is 1. The molecule has 0 spiro atoms. The van der Waals surface area contributed by atoms with Gasteiger partial charge in [-0.05, 0) is 41.8 Å². The summed E-state index contributed by atoms with van der Waals surface area (Å²) in [6, 6.07) is 14.2. The van der Waals surface area contributed by atoms with Crippen LogP contribution >= 0.6 is 0 Å². The molecule has 0 aliphatic rings. The van der Waals surface area contributed by atoms with Crippen LogP contribution in [0.1, 0.15) is 41.6 Å². The van der Waals surface area contributed by atoms with Crippen LogP contribution in [-0.4, -0.2) is 15.9 Å². The normalized spacial score (nSPS) is 10.7. The Morgan fingerprint density at radius 3 is 2.52 bits per heavy atom. The first-order chi connectivity index (χ1) is 13.8. The van der Waals surface area contributed by atoms with E-state index in [0.717, 1.165) is 6.07 Å². The third-order valence-electron chi connectivity index (χ3n) is 4.25. The second-order valence-electron chi connectivity index (χ2n) is 6.69. The standard InChI is InChI=1S/C21H20N2O6/c1-13(2)14-3-6-16(7-4-14)28-12-17-8-10-20(29-17)21(25)22-18-9-5-15(23(26)27)11-19(18)24/h3-11,13,24H,12H2,1-2H3,(H,22,25). The highest BCUT2D eigenvalue weighted by atomic mass is 16.6. The summed E-state index contributed by atoms with van der Waals surface area (Å²) < 4.78 is 11.1. The van der Waals surface area contributed by atoms with E-state index in [1.54, 1.807) is 6.07 Å². The molecule has 1 heterocycles. The number of carbonyl (C=O) groups is 1. The molecule has 0 saturated carbocycles. The maximum atomic E-state index is 12.3. The van der Waals surface area contributed by atoms with Gasteiger partial charge in [-0.15, -0.1) is 0 Å². The Bertz CT molecular complexity index is 1020. The van der Waals surface area contributed by atoms with Crippen LogP contribution in [0.3, 0.4) is 0 Å². The van der Waals surface area contributed by atoms with Crippen molar-refractivity contribution < 1.29 is 24.0 Å². The van der Waals surface area contributed by atoms with Crippen LogP contribution in [0.4, 0.5) is 11.4 Å². The molecule has 1 amide bonds. The van der Waals surface area contributed by atoms with E-state index in [4.69, 9.17) is 9.15 Å². The molecule has 2 aromatic carbocycles. The molecule has 0 aliphatic carbocycles. The minimum absolute atomic E-state index is 0.0245. The second kappa shape index (κ2) is 8.47. The maximum Gasteiger partial charge on any atom is 0.291 e. The molecule has 8 heteroatoms. The fourth-order valence-corrected chi connectivity index (χ4v) is 2.60. The van der Waals surface area contributed by atoms with Gasteiger partial charge in [-0.25, -0.2) is 0 Å². The number of anilines is 1. The largest absolute Gasteiger partial charge is 0.506 e. The monoisotopic (exact) mass is 396 g/mol. The first kappa shape index (κ1) is 19.9. The van der Waals surface area contributed by atoms with E-state index in [9.17, 15) is 20.0 Å². The number of nitrogens with zero attached hydrogens (tertiary/aromatic N) is 1. The van der Waals surface area contributed by atoms with Gasteiger partial charge < -0.3 is 19.6 Å². The smallest absolute Gasteiger partial charge is 0.291 e. The van der Waals surface area contributed by atoms with Crippen LogP contribution in [0.15, 0.2) is 59.0 Å². The number of hydrogen-bond donors (Lipinski definition) is 2.